The van der Waals surface area contributed by atoms with E-state index in [0.717, 1.165) is 16.3 Å². The van der Waals surface area contributed by atoms with E-state index >= 15 is 0 Å². The third-order valence-electron chi connectivity index (χ3n) is 3.91. The van der Waals surface area contributed by atoms with E-state index in [2.05, 4.69) is 24.1 Å². The molecule has 0 aliphatic carbocycles. The zero-order chi connectivity index (χ0) is 17.7. The molecule has 1 atom stereocenters. The van der Waals surface area contributed by atoms with Crippen LogP contribution in [0.5, 0.6) is 11.5 Å². The summed E-state index contributed by atoms with van der Waals surface area (Å²) in [4.78, 5) is 16.6. The fourth-order valence-electron chi connectivity index (χ4n) is 2.13. The molecule has 0 aliphatic rings. The van der Waals surface area contributed by atoms with Crippen molar-refractivity contribution in [2.24, 2.45) is 5.92 Å². The summed E-state index contributed by atoms with van der Waals surface area (Å²) in [5, 5.41) is 5.78. The van der Waals surface area contributed by atoms with Crippen LogP contribution in [0.4, 0.5) is 0 Å². The van der Waals surface area contributed by atoms with E-state index in [1.54, 1.807) is 14.2 Å². The van der Waals surface area contributed by atoms with Crippen LogP contribution in [0.2, 0.25) is 0 Å². The summed E-state index contributed by atoms with van der Waals surface area (Å²) in [6.07, 6.45) is 0.293. The number of thiazole rings is 1. The van der Waals surface area contributed by atoms with Gasteiger partial charge in [-0.2, -0.15) is 0 Å². The highest BCUT2D eigenvalue weighted by atomic mass is 32.1. The fourth-order valence-corrected chi connectivity index (χ4v) is 2.94. The number of carbonyl (C=O) groups is 1. The average molecular weight is 348 g/mol. The van der Waals surface area contributed by atoms with Gasteiger partial charge in [0.15, 0.2) is 11.5 Å². The maximum atomic E-state index is 12.1. The van der Waals surface area contributed by atoms with Crippen LogP contribution in [0.1, 0.15) is 26.5 Å². The van der Waals surface area contributed by atoms with Gasteiger partial charge in [-0.05, 0) is 31.0 Å². The smallest absolute Gasteiger partial charge is 0.226 e. The summed E-state index contributed by atoms with van der Waals surface area (Å²) in [6, 6.07) is 5.83. The minimum Gasteiger partial charge on any atom is -0.493 e. The standard InChI is InChI=1S/C18H24N2O3S/c1-11(2)12(3)19-17(21)9-14-10-24-18(20-14)13-6-7-15(22-4)16(8-13)23-5/h6-8,10-12H,9H2,1-5H3,(H,19,21)/t12-/m1/s1. The lowest BCUT2D eigenvalue weighted by molar-refractivity contribution is -0.121. The summed E-state index contributed by atoms with van der Waals surface area (Å²) in [5.74, 6) is 1.75. The second kappa shape index (κ2) is 8.15. The molecule has 0 bridgehead atoms. The number of methoxy groups -OCH3 is 2. The summed E-state index contributed by atoms with van der Waals surface area (Å²) in [6.45, 7) is 6.19. The number of nitrogens with one attached hydrogen (secondary N) is 1. The number of amides is 1. The van der Waals surface area contributed by atoms with Crippen LogP contribution in [0, 0.1) is 5.92 Å². The molecule has 1 aromatic carbocycles. The maximum absolute atomic E-state index is 12.1. The molecule has 6 heteroatoms. The SMILES string of the molecule is COc1ccc(-c2nc(CC(=O)N[C@H](C)C(C)C)cs2)cc1OC. The number of hydrogen-bond acceptors (Lipinski definition) is 5. The normalized spacial score (nSPS) is 12.1. The van der Waals surface area contributed by atoms with Crippen molar-refractivity contribution >= 4 is 17.2 Å². The number of ether oxygens (including phenoxy) is 2. The quantitative estimate of drug-likeness (QED) is 0.831. The Morgan fingerprint density at radius 3 is 2.54 bits per heavy atom. The van der Waals surface area contributed by atoms with Crippen LogP contribution in [-0.4, -0.2) is 31.2 Å². The number of hydrogen-bond donors (Lipinski definition) is 1. The van der Waals surface area contributed by atoms with Crippen LogP contribution < -0.4 is 14.8 Å². The van der Waals surface area contributed by atoms with Crippen LogP contribution in [-0.2, 0) is 11.2 Å². The molecular formula is C18H24N2O3S. The first kappa shape index (κ1) is 18.3. The second-order valence-electron chi connectivity index (χ2n) is 5.99. The Morgan fingerprint density at radius 2 is 1.92 bits per heavy atom. The minimum absolute atomic E-state index is 0.000335. The number of nitrogens with zero attached hydrogens (tertiary/aromatic N) is 1. The summed E-state index contributed by atoms with van der Waals surface area (Å²) >= 11 is 1.51. The van der Waals surface area contributed by atoms with Gasteiger partial charge >= 0.3 is 0 Å². The van der Waals surface area contributed by atoms with E-state index < -0.39 is 0 Å². The third-order valence-corrected chi connectivity index (χ3v) is 4.85. The van der Waals surface area contributed by atoms with Gasteiger partial charge < -0.3 is 14.8 Å². The topological polar surface area (TPSA) is 60.5 Å². The number of aromatic nitrogens is 1. The lowest BCUT2D eigenvalue weighted by Crippen LogP contribution is -2.37. The van der Waals surface area contributed by atoms with Crippen LogP contribution in [0.15, 0.2) is 23.6 Å². The lowest BCUT2D eigenvalue weighted by atomic mass is 10.1. The first-order valence-electron chi connectivity index (χ1n) is 7.90. The molecule has 2 rings (SSSR count). The average Bonchev–Trinajstić information content (AvgIpc) is 3.02. The number of benzene rings is 1. The minimum atomic E-state index is 0.000335. The monoisotopic (exact) mass is 348 g/mol. The molecule has 2 aromatic rings. The van der Waals surface area contributed by atoms with E-state index in [0.29, 0.717) is 23.8 Å². The highest BCUT2D eigenvalue weighted by molar-refractivity contribution is 7.13. The van der Waals surface area contributed by atoms with Crippen molar-refractivity contribution in [2.45, 2.75) is 33.2 Å². The second-order valence-corrected chi connectivity index (χ2v) is 6.85. The summed E-state index contributed by atoms with van der Waals surface area (Å²) in [7, 11) is 3.21. The van der Waals surface area contributed by atoms with Crippen molar-refractivity contribution in [1.82, 2.24) is 10.3 Å². The molecule has 0 fully saturated rings. The molecular weight excluding hydrogens is 324 g/mol. The summed E-state index contributed by atoms with van der Waals surface area (Å²) < 4.78 is 10.6. The van der Waals surface area contributed by atoms with Gasteiger partial charge in [0.2, 0.25) is 5.91 Å². The van der Waals surface area contributed by atoms with Gasteiger partial charge in [-0.15, -0.1) is 11.3 Å². The maximum Gasteiger partial charge on any atom is 0.226 e. The van der Waals surface area contributed by atoms with E-state index in [9.17, 15) is 4.79 Å². The predicted molar refractivity (Wildman–Crippen MR) is 96.8 cm³/mol. The Bertz CT molecular complexity index is 697. The fraction of sp³-hybridized carbons (Fsp3) is 0.444. The largest absolute Gasteiger partial charge is 0.493 e. The summed E-state index contributed by atoms with van der Waals surface area (Å²) in [5.41, 5.74) is 1.72. The number of carbonyl (C=O) groups excluding carboxylic acids is 1. The van der Waals surface area contributed by atoms with E-state index in [4.69, 9.17) is 9.47 Å². The highest BCUT2D eigenvalue weighted by Gasteiger charge is 2.14. The molecule has 0 spiro atoms. The Morgan fingerprint density at radius 1 is 1.21 bits per heavy atom. The van der Waals surface area contributed by atoms with Crippen molar-refractivity contribution in [3.8, 4) is 22.1 Å². The number of rotatable bonds is 7. The van der Waals surface area contributed by atoms with Crippen LogP contribution in [0.3, 0.4) is 0 Å². The Labute approximate surface area is 147 Å². The van der Waals surface area contributed by atoms with Crippen molar-refractivity contribution in [1.29, 1.82) is 0 Å². The van der Waals surface area contributed by atoms with Gasteiger partial charge in [-0.25, -0.2) is 4.98 Å². The van der Waals surface area contributed by atoms with E-state index in [-0.39, 0.29) is 11.9 Å². The molecule has 0 saturated carbocycles. The predicted octanol–water partition coefficient (Wildman–Crippen LogP) is 3.53. The van der Waals surface area contributed by atoms with Gasteiger partial charge in [0.25, 0.3) is 0 Å². The molecule has 130 valence electrons. The first-order chi connectivity index (χ1) is 11.4. The van der Waals surface area contributed by atoms with Gasteiger partial charge in [-0.1, -0.05) is 13.8 Å². The molecule has 1 heterocycles. The molecule has 0 unspecified atom stereocenters. The molecule has 0 radical (unpaired) electrons. The molecule has 0 aliphatic heterocycles. The van der Waals surface area contributed by atoms with Crippen LogP contribution >= 0.6 is 11.3 Å². The van der Waals surface area contributed by atoms with Gasteiger partial charge in [0.1, 0.15) is 5.01 Å². The molecule has 5 nitrogen and oxygen atoms in total. The van der Waals surface area contributed by atoms with Gasteiger partial charge in [0, 0.05) is 17.0 Å². The Kier molecular flexibility index (Phi) is 6.20. The molecule has 0 saturated heterocycles. The van der Waals surface area contributed by atoms with Crippen molar-refractivity contribution in [3.63, 3.8) is 0 Å². The van der Waals surface area contributed by atoms with Crippen molar-refractivity contribution in [3.05, 3.63) is 29.3 Å². The van der Waals surface area contributed by atoms with Crippen LogP contribution in [0.25, 0.3) is 10.6 Å². The third kappa shape index (κ3) is 4.47. The lowest BCUT2D eigenvalue weighted by Gasteiger charge is -2.16. The zero-order valence-corrected chi connectivity index (χ0v) is 15.6. The zero-order valence-electron chi connectivity index (χ0n) is 14.8. The highest BCUT2D eigenvalue weighted by Crippen LogP contribution is 2.33. The Balaban J connectivity index is 2.09. The first-order valence-corrected chi connectivity index (χ1v) is 8.78. The van der Waals surface area contributed by atoms with Gasteiger partial charge in [0.05, 0.1) is 26.3 Å². The molecule has 1 aromatic heterocycles. The Hall–Kier alpha value is -2.08. The molecule has 1 amide bonds. The molecule has 24 heavy (non-hydrogen) atoms. The van der Waals surface area contributed by atoms with Crippen molar-refractivity contribution in [2.75, 3.05) is 14.2 Å². The van der Waals surface area contributed by atoms with Crippen molar-refractivity contribution < 1.29 is 14.3 Å². The van der Waals surface area contributed by atoms with Gasteiger partial charge in [-0.3, -0.25) is 4.79 Å². The van der Waals surface area contributed by atoms with E-state index in [1.165, 1.54) is 11.3 Å². The van der Waals surface area contributed by atoms with E-state index in [1.807, 2.05) is 30.5 Å². The molecule has 1 N–H and O–H groups in total.